The molecule has 4 rings (SSSR count). The number of carbonyl (C=O) groups excluding carboxylic acids is 1. The number of benzene rings is 2. The van der Waals surface area contributed by atoms with Gasteiger partial charge in [0.2, 0.25) is 11.8 Å². The maximum Gasteiger partial charge on any atom is 0.254 e. The molecule has 6 nitrogen and oxygen atoms in total. The molecule has 1 aliphatic rings. The molecule has 1 fully saturated rings. The third kappa shape index (κ3) is 4.03. The van der Waals surface area contributed by atoms with Gasteiger partial charge in [-0.15, -0.1) is 10.2 Å². The second kappa shape index (κ2) is 7.67. The van der Waals surface area contributed by atoms with Crippen LogP contribution in [0.25, 0.3) is 11.5 Å². The van der Waals surface area contributed by atoms with Crippen LogP contribution in [-0.4, -0.2) is 52.1 Å². The lowest BCUT2D eigenvalue weighted by Gasteiger charge is -2.34. The Balaban J connectivity index is 1.33. The molecule has 1 saturated heterocycles. The highest BCUT2D eigenvalue weighted by Gasteiger charge is 2.23. The number of aromatic nitrogens is 2. The zero-order chi connectivity index (χ0) is 18.6. The molecule has 0 radical (unpaired) electrons. The van der Waals surface area contributed by atoms with E-state index in [0.29, 0.717) is 50.1 Å². The maximum atomic E-state index is 13.3. The van der Waals surface area contributed by atoms with Crippen LogP contribution in [0.4, 0.5) is 4.39 Å². The minimum absolute atomic E-state index is 0.140. The summed E-state index contributed by atoms with van der Waals surface area (Å²) in [4.78, 5) is 16.4. The summed E-state index contributed by atoms with van der Waals surface area (Å²) in [6.45, 7) is 3.10. The van der Waals surface area contributed by atoms with Gasteiger partial charge in [0.1, 0.15) is 5.82 Å². The molecule has 1 aliphatic heterocycles. The van der Waals surface area contributed by atoms with E-state index in [9.17, 15) is 9.18 Å². The van der Waals surface area contributed by atoms with Crippen molar-refractivity contribution in [1.29, 1.82) is 0 Å². The van der Waals surface area contributed by atoms with E-state index in [1.807, 2.05) is 30.3 Å². The lowest BCUT2D eigenvalue weighted by molar-refractivity contribution is 0.0618. The van der Waals surface area contributed by atoms with Gasteiger partial charge in [0.25, 0.3) is 5.91 Å². The summed E-state index contributed by atoms with van der Waals surface area (Å²) in [6, 6.07) is 15.4. The van der Waals surface area contributed by atoms with E-state index in [4.69, 9.17) is 4.42 Å². The number of rotatable bonds is 4. The second-order valence-corrected chi connectivity index (χ2v) is 6.45. The predicted molar refractivity (Wildman–Crippen MR) is 97.3 cm³/mol. The smallest absolute Gasteiger partial charge is 0.254 e. The van der Waals surface area contributed by atoms with E-state index >= 15 is 0 Å². The molecule has 2 heterocycles. The lowest BCUT2D eigenvalue weighted by Crippen LogP contribution is -2.48. The zero-order valence-corrected chi connectivity index (χ0v) is 14.7. The number of nitrogens with zero attached hydrogens (tertiary/aromatic N) is 4. The Morgan fingerprint density at radius 2 is 1.78 bits per heavy atom. The molecule has 0 N–H and O–H groups in total. The zero-order valence-electron chi connectivity index (χ0n) is 14.7. The molecule has 0 spiro atoms. The normalized spacial score (nSPS) is 15.1. The average molecular weight is 366 g/mol. The van der Waals surface area contributed by atoms with Gasteiger partial charge in [-0.3, -0.25) is 9.69 Å². The fraction of sp³-hybridized carbons (Fsp3) is 0.250. The molecule has 138 valence electrons. The van der Waals surface area contributed by atoms with Crippen LogP contribution in [0.5, 0.6) is 0 Å². The number of hydrogen-bond donors (Lipinski definition) is 0. The van der Waals surface area contributed by atoms with Crippen LogP contribution >= 0.6 is 0 Å². The minimum atomic E-state index is -0.398. The van der Waals surface area contributed by atoms with Gasteiger partial charge in [-0.25, -0.2) is 4.39 Å². The van der Waals surface area contributed by atoms with Gasteiger partial charge in [-0.1, -0.05) is 24.3 Å². The molecule has 2 aromatic carbocycles. The van der Waals surface area contributed by atoms with Crippen LogP contribution in [-0.2, 0) is 6.54 Å². The van der Waals surface area contributed by atoms with E-state index < -0.39 is 5.82 Å². The fourth-order valence-corrected chi connectivity index (χ4v) is 3.12. The summed E-state index contributed by atoms with van der Waals surface area (Å²) < 4.78 is 19.1. The van der Waals surface area contributed by atoms with E-state index in [0.717, 1.165) is 5.56 Å². The first-order chi connectivity index (χ1) is 13.2. The third-order valence-corrected chi connectivity index (χ3v) is 4.58. The van der Waals surface area contributed by atoms with Crippen molar-refractivity contribution in [2.45, 2.75) is 6.54 Å². The molecule has 7 heteroatoms. The van der Waals surface area contributed by atoms with Gasteiger partial charge in [0, 0.05) is 37.3 Å². The Morgan fingerprint density at radius 1 is 1.00 bits per heavy atom. The molecule has 3 aromatic rings. The summed E-state index contributed by atoms with van der Waals surface area (Å²) in [6.07, 6.45) is 0. The van der Waals surface area contributed by atoms with Crippen molar-refractivity contribution in [2.24, 2.45) is 0 Å². The standard InChI is InChI=1S/C20H19FN4O2/c21-17-8-4-7-16(13-17)20(26)25-11-9-24(10-12-25)14-18-22-23-19(27-18)15-5-2-1-3-6-15/h1-8,13H,9-12,14H2. The second-order valence-electron chi connectivity index (χ2n) is 6.45. The first-order valence-electron chi connectivity index (χ1n) is 8.84. The van der Waals surface area contributed by atoms with Crippen molar-refractivity contribution in [2.75, 3.05) is 26.2 Å². The summed E-state index contributed by atoms with van der Waals surface area (Å²) in [5, 5.41) is 8.22. The highest BCUT2D eigenvalue weighted by molar-refractivity contribution is 5.94. The molecule has 0 aliphatic carbocycles. The van der Waals surface area contributed by atoms with Crippen LogP contribution in [0, 0.1) is 5.82 Å². The molecule has 27 heavy (non-hydrogen) atoms. The first-order valence-corrected chi connectivity index (χ1v) is 8.84. The van der Waals surface area contributed by atoms with Gasteiger partial charge in [-0.05, 0) is 30.3 Å². The molecule has 1 aromatic heterocycles. The third-order valence-electron chi connectivity index (χ3n) is 4.58. The van der Waals surface area contributed by atoms with E-state index in [-0.39, 0.29) is 5.91 Å². The Hall–Kier alpha value is -3.06. The van der Waals surface area contributed by atoms with Crippen molar-refractivity contribution in [3.8, 4) is 11.5 Å². The van der Waals surface area contributed by atoms with E-state index in [1.165, 1.54) is 12.1 Å². The van der Waals surface area contributed by atoms with E-state index in [2.05, 4.69) is 15.1 Å². The monoisotopic (exact) mass is 366 g/mol. The van der Waals surface area contributed by atoms with Crippen LogP contribution in [0.15, 0.2) is 59.0 Å². The van der Waals surface area contributed by atoms with Gasteiger partial charge < -0.3 is 9.32 Å². The number of amides is 1. The Morgan fingerprint density at radius 3 is 2.52 bits per heavy atom. The largest absolute Gasteiger partial charge is 0.419 e. The van der Waals surface area contributed by atoms with Crippen molar-refractivity contribution in [3.63, 3.8) is 0 Å². The molecule has 0 bridgehead atoms. The van der Waals surface area contributed by atoms with Crippen LogP contribution in [0.3, 0.4) is 0 Å². The molecule has 0 atom stereocenters. The first kappa shape index (κ1) is 17.4. The molecule has 0 unspecified atom stereocenters. The topological polar surface area (TPSA) is 62.5 Å². The summed E-state index contributed by atoms with van der Waals surface area (Å²) >= 11 is 0. The van der Waals surface area contributed by atoms with Crippen molar-refractivity contribution >= 4 is 5.91 Å². The van der Waals surface area contributed by atoms with Crippen molar-refractivity contribution in [3.05, 3.63) is 71.9 Å². The number of carbonyl (C=O) groups is 1. The Bertz CT molecular complexity index is 920. The maximum absolute atomic E-state index is 13.3. The van der Waals surface area contributed by atoms with Gasteiger partial charge in [0.05, 0.1) is 6.54 Å². The van der Waals surface area contributed by atoms with Gasteiger partial charge in [-0.2, -0.15) is 0 Å². The van der Waals surface area contributed by atoms with Crippen LogP contribution in [0.1, 0.15) is 16.2 Å². The van der Waals surface area contributed by atoms with Crippen LogP contribution in [0.2, 0.25) is 0 Å². The number of hydrogen-bond acceptors (Lipinski definition) is 5. The van der Waals surface area contributed by atoms with Crippen molar-refractivity contribution < 1.29 is 13.6 Å². The van der Waals surface area contributed by atoms with Crippen LogP contribution < -0.4 is 0 Å². The number of halogens is 1. The lowest BCUT2D eigenvalue weighted by atomic mass is 10.1. The summed E-state index contributed by atoms with van der Waals surface area (Å²) in [7, 11) is 0. The summed E-state index contributed by atoms with van der Waals surface area (Å²) in [5.41, 5.74) is 1.27. The molecule has 1 amide bonds. The van der Waals surface area contributed by atoms with Crippen molar-refractivity contribution in [1.82, 2.24) is 20.0 Å². The van der Waals surface area contributed by atoms with E-state index in [1.54, 1.807) is 17.0 Å². The highest BCUT2D eigenvalue weighted by atomic mass is 19.1. The average Bonchev–Trinajstić information content (AvgIpc) is 3.17. The fourth-order valence-electron chi connectivity index (χ4n) is 3.12. The molecule has 0 saturated carbocycles. The van der Waals surface area contributed by atoms with Gasteiger partial charge in [0.15, 0.2) is 0 Å². The van der Waals surface area contributed by atoms with Gasteiger partial charge >= 0.3 is 0 Å². The number of piperazine rings is 1. The quantitative estimate of drug-likeness (QED) is 0.711. The summed E-state index contributed by atoms with van der Waals surface area (Å²) in [5.74, 6) is 0.521. The molecular formula is C20H19FN4O2. The molecular weight excluding hydrogens is 347 g/mol. The Labute approximate surface area is 156 Å². The Kier molecular flexibility index (Phi) is 4.93. The minimum Gasteiger partial charge on any atom is -0.419 e. The predicted octanol–water partition coefficient (Wildman–Crippen LogP) is 2.83. The highest BCUT2D eigenvalue weighted by Crippen LogP contribution is 2.18. The SMILES string of the molecule is O=C(c1cccc(F)c1)N1CCN(Cc2nnc(-c3ccccc3)o2)CC1.